The molecule has 1 saturated heterocycles. The van der Waals surface area contributed by atoms with Crippen molar-refractivity contribution in [3.05, 3.63) is 75.4 Å². The smallest absolute Gasteiger partial charge is 0.253 e. The Morgan fingerprint density at radius 3 is 2.28 bits per heavy atom. The molecular weight excluding hydrogens is 464 g/mol. The Kier molecular flexibility index (Phi) is 6.60. The molecule has 1 fully saturated rings. The molecule has 1 aliphatic heterocycles. The molecule has 0 bridgehead atoms. The molecular formula is C26H29BrN4O. The van der Waals surface area contributed by atoms with Crippen molar-refractivity contribution in [3.63, 3.8) is 0 Å². The maximum Gasteiger partial charge on any atom is 0.253 e. The molecule has 0 spiro atoms. The summed E-state index contributed by atoms with van der Waals surface area (Å²) in [5, 5.41) is 0. The zero-order valence-electron chi connectivity index (χ0n) is 19.1. The SMILES string of the molecule is Cc1cccc(-c2nc(C)c(C(C)C)c(N3CCN(C(=O)c4ccc(Br)cc4)CC3)n2)c1. The lowest BCUT2D eigenvalue weighted by atomic mass is 10.0. The van der Waals surface area contributed by atoms with E-state index >= 15 is 0 Å². The molecule has 32 heavy (non-hydrogen) atoms. The van der Waals surface area contributed by atoms with Crippen molar-refractivity contribution < 1.29 is 4.79 Å². The molecule has 0 aliphatic carbocycles. The lowest BCUT2D eigenvalue weighted by molar-refractivity contribution is 0.0746. The first-order valence-electron chi connectivity index (χ1n) is 11.1. The zero-order chi connectivity index (χ0) is 22.8. The van der Waals surface area contributed by atoms with E-state index < -0.39 is 0 Å². The summed E-state index contributed by atoms with van der Waals surface area (Å²) in [6.07, 6.45) is 0. The largest absolute Gasteiger partial charge is 0.353 e. The number of hydrogen-bond acceptors (Lipinski definition) is 4. The summed E-state index contributed by atoms with van der Waals surface area (Å²) in [6, 6.07) is 15.9. The average molecular weight is 493 g/mol. The van der Waals surface area contributed by atoms with Crippen LogP contribution in [-0.2, 0) is 0 Å². The number of aromatic nitrogens is 2. The Hall–Kier alpha value is -2.73. The Bertz CT molecular complexity index is 1120. The number of piperazine rings is 1. The Balaban J connectivity index is 1.59. The summed E-state index contributed by atoms with van der Waals surface area (Å²) in [6.45, 7) is 11.4. The number of amides is 1. The molecule has 0 unspecified atom stereocenters. The average Bonchev–Trinajstić information content (AvgIpc) is 2.78. The van der Waals surface area contributed by atoms with E-state index in [1.807, 2.05) is 35.2 Å². The van der Waals surface area contributed by atoms with E-state index in [1.165, 1.54) is 11.1 Å². The third-order valence-corrected chi connectivity index (χ3v) is 6.46. The Morgan fingerprint density at radius 1 is 0.969 bits per heavy atom. The standard InChI is InChI=1S/C26H29BrN4O/c1-17(2)23-19(4)28-24(21-7-5-6-18(3)16-21)29-25(23)30-12-14-31(15-13-30)26(32)20-8-10-22(27)11-9-20/h5-11,16-17H,12-15H2,1-4H3. The van der Waals surface area contributed by atoms with E-state index in [0.29, 0.717) is 19.0 Å². The van der Waals surface area contributed by atoms with Crippen molar-refractivity contribution in [3.8, 4) is 11.4 Å². The predicted molar refractivity (Wildman–Crippen MR) is 133 cm³/mol. The van der Waals surface area contributed by atoms with E-state index in [4.69, 9.17) is 9.97 Å². The monoisotopic (exact) mass is 492 g/mol. The minimum absolute atomic E-state index is 0.0838. The van der Waals surface area contributed by atoms with Crippen LogP contribution in [0.3, 0.4) is 0 Å². The molecule has 2 aromatic carbocycles. The normalized spacial score (nSPS) is 14.2. The van der Waals surface area contributed by atoms with Gasteiger partial charge in [-0.3, -0.25) is 4.79 Å². The molecule has 0 radical (unpaired) electrons. The van der Waals surface area contributed by atoms with Gasteiger partial charge >= 0.3 is 0 Å². The van der Waals surface area contributed by atoms with Gasteiger partial charge in [0.25, 0.3) is 5.91 Å². The van der Waals surface area contributed by atoms with Crippen LogP contribution in [0.15, 0.2) is 53.0 Å². The van der Waals surface area contributed by atoms with E-state index in [2.05, 4.69) is 66.7 Å². The quantitative estimate of drug-likeness (QED) is 0.474. The van der Waals surface area contributed by atoms with E-state index in [1.54, 1.807) is 0 Å². The van der Waals surface area contributed by atoms with Gasteiger partial charge in [-0.1, -0.05) is 53.5 Å². The lowest BCUT2D eigenvalue weighted by Crippen LogP contribution is -2.49. The summed E-state index contributed by atoms with van der Waals surface area (Å²) in [4.78, 5) is 27.0. The van der Waals surface area contributed by atoms with Gasteiger partial charge in [0.1, 0.15) is 5.82 Å². The number of carbonyl (C=O) groups excluding carboxylic acids is 1. The first kappa shape index (κ1) is 22.5. The summed E-state index contributed by atoms with van der Waals surface area (Å²) in [7, 11) is 0. The van der Waals surface area contributed by atoms with Crippen molar-refractivity contribution in [1.82, 2.24) is 14.9 Å². The molecule has 0 N–H and O–H groups in total. The number of aryl methyl sites for hydroxylation is 2. The number of nitrogens with zero attached hydrogens (tertiary/aromatic N) is 4. The van der Waals surface area contributed by atoms with Crippen molar-refractivity contribution in [2.75, 3.05) is 31.1 Å². The predicted octanol–water partition coefficient (Wildman–Crippen LogP) is 5.61. The molecule has 4 rings (SSSR count). The highest BCUT2D eigenvalue weighted by Gasteiger charge is 2.26. The maximum absolute atomic E-state index is 12.9. The second-order valence-corrected chi connectivity index (χ2v) is 9.60. The highest BCUT2D eigenvalue weighted by molar-refractivity contribution is 9.10. The van der Waals surface area contributed by atoms with Crippen LogP contribution in [0.25, 0.3) is 11.4 Å². The van der Waals surface area contributed by atoms with Crippen LogP contribution in [0, 0.1) is 13.8 Å². The van der Waals surface area contributed by atoms with Crippen molar-refractivity contribution >= 4 is 27.7 Å². The van der Waals surface area contributed by atoms with Crippen LogP contribution in [0.5, 0.6) is 0 Å². The van der Waals surface area contributed by atoms with Gasteiger partial charge in [-0.05, 0) is 50.1 Å². The van der Waals surface area contributed by atoms with Crippen LogP contribution in [-0.4, -0.2) is 47.0 Å². The van der Waals surface area contributed by atoms with Gasteiger partial charge in [0.15, 0.2) is 5.82 Å². The third kappa shape index (κ3) is 4.70. The second-order valence-electron chi connectivity index (χ2n) is 8.68. The van der Waals surface area contributed by atoms with Gasteiger partial charge < -0.3 is 9.80 Å². The molecule has 166 valence electrons. The minimum atomic E-state index is 0.0838. The van der Waals surface area contributed by atoms with Crippen LogP contribution in [0.2, 0.25) is 0 Å². The van der Waals surface area contributed by atoms with Gasteiger partial charge in [-0.2, -0.15) is 0 Å². The highest BCUT2D eigenvalue weighted by Crippen LogP contribution is 2.31. The van der Waals surface area contributed by atoms with Gasteiger partial charge in [0, 0.05) is 53.0 Å². The number of carbonyl (C=O) groups is 1. The van der Waals surface area contributed by atoms with Crippen LogP contribution in [0.4, 0.5) is 5.82 Å². The maximum atomic E-state index is 12.9. The minimum Gasteiger partial charge on any atom is -0.353 e. The zero-order valence-corrected chi connectivity index (χ0v) is 20.7. The van der Waals surface area contributed by atoms with Crippen LogP contribution in [0.1, 0.15) is 46.9 Å². The lowest BCUT2D eigenvalue weighted by Gasteiger charge is -2.37. The summed E-state index contributed by atoms with van der Waals surface area (Å²) in [5.41, 5.74) is 5.17. The van der Waals surface area contributed by atoms with Gasteiger partial charge in [-0.15, -0.1) is 0 Å². The molecule has 6 heteroatoms. The fourth-order valence-corrected chi connectivity index (χ4v) is 4.56. The number of hydrogen-bond donors (Lipinski definition) is 0. The van der Waals surface area contributed by atoms with Gasteiger partial charge in [-0.25, -0.2) is 9.97 Å². The highest BCUT2D eigenvalue weighted by atomic mass is 79.9. The van der Waals surface area contributed by atoms with Gasteiger partial charge in [0.05, 0.1) is 0 Å². The first-order chi connectivity index (χ1) is 15.3. The van der Waals surface area contributed by atoms with Crippen LogP contribution < -0.4 is 4.90 Å². The number of rotatable bonds is 4. The molecule has 0 saturated carbocycles. The molecule has 1 aromatic heterocycles. The number of benzene rings is 2. The van der Waals surface area contributed by atoms with Gasteiger partial charge in [0.2, 0.25) is 0 Å². The third-order valence-electron chi connectivity index (χ3n) is 5.93. The van der Waals surface area contributed by atoms with E-state index in [9.17, 15) is 4.79 Å². The molecule has 0 atom stereocenters. The van der Waals surface area contributed by atoms with Crippen molar-refractivity contribution in [1.29, 1.82) is 0 Å². The fraction of sp³-hybridized carbons (Fsp3) is 0.346. The molecule has 5 nitrogen and oxygen atoms in total. The second kappa shape index (κ2) is 9.41. The number of halogens is 1. The summed E-state index contributed by atoms with van der Waals surface area (Å²) < 4.78 is 0.976. The molecule has 2 heterocycles. The van der Waals surface area contributed by atoms with Crippen molar-refractivity contribution in [2.45, 2.75) is 33.6 Å². The fourth-order valence-electron chi connectivity index (χ4n) is 4.29. The van der Waals surface area contributed by atoms with Crippen LogP contribution >= 0.6 is 15.9 Å². The topological polar surface area (TPSA) is 49.3 Å². The van der Waals surface area contributed by atoms with E-state index in [0.717, 1.165) is 46.0 Å². The summed E-state index contributed by atoms with van der Waals surface area (Å²) >= 11 is 3.43. The summed E-state index contributed by atoms with van der Waals surface area (Å²) in [5.74, 6) is 2.17. The first-order valence-corrected chi connectivity index (χ1v) is 11.9. The van der Waals surface area contributed by atoms with Crippen molar-refractivity contribution in [2.24, 2.45) is 0 Å². The van der Waals surface area contributed by atoms with E-state index in [-0.39, 0.29) is 5.91 Å². The molecule has 1 aliphatic rings. The Labute approximate surface area is 198 Å². The number of anilines is 1. The Morgan fingerprint density at radius 2 is 1.66 bits per heavy atom. The molecule has 1 amide bonds. The molecule has 3 aromatic rings.